The number of hydrogen-bond donors (Lipinski definition) is 3. The van der Waals surface area contributed by atoms with Crippen LogP contribution in [0.15, 0.2) is 37.1 Å². The van der Waals surface area contributed by atoms with E-state index >= 15 is 0 Å². The van der Waals surface area contributed by atoms with E-state index in [1.165, 1.54) is 0 Å². The first-order valence-electron chi connectivity index (χ1n) is 7.67. The maximum atomic E-state index is 11.8. The van der Waals surface area contributed by atoms with Crippen LogP contribution in [-0.4, -0.2) is 38.3 Å². The molecule has 23 heavy (non-hydrogen) atoms. The molecule has 2 heterocycles. The smallest absolute Gasteiger partial charge is 0.315 e. The second kappa shape index (κ2) is 8.28. The summed E-state index contributed by atoms with van der Waals surface area (Å²) < 4.78 is 1.81. The van der Waals surface area contributed by atoms with Crippen molar-refractivity contribution >= 4 is 6.03 Å². The molecule has 2 atom stereocenters. The monoisotopic (exact) mass is 317 g/mol. The Morgan fingerprint density at radius 2 is 2.17 bits per heavy atom. The third-order valence-corrected chi connectivity index (χ3v) is 3.39. The zero-order valence-electron chi connectivity index (χ0n) is 13.4. The molecule has 0 bridgehead atoms. The van der Waals surface area contributed by atoms with E-state index in [2.05, 4.69) is 20.6 Å². The first kappa shape index (κ1) is 17.0. The molecule has 2 amide bonds. The van der Waals surface area contributed by atoms with Crippen LogP contribution in [0.1, 0.15) is 25.8 Å². The van der Waals surface area contributed by atoms with E-state index in [-0.39, 0.29) is 18.1 Å². The molecule has 7 heteroatoms. The van der Waals surface area contributed by atoms with E-state index in [0.717, 1.165) is 11.4 Å². The van der Waals surface area contributed by atoms with E-state index in [1.54, 1.807) is 30.2 Å². The summed E-state index contributed by atoms with van der Waals surface area (Å²) in [6.07, 6.45) is 7.20. The minimum Gasteiger partial charge on any atom is -0.393 e. The topological polar surface area (TPSA) is 92.1 Å². The molecule has 0 aromatic carbocycles. The van der Waals surface area contributed by atoms with Crippen molar-refractivity contribution in [2.75, 3.05) is 6.54 Å². The normalized spacial score (nSPS) is 13.3. The lowest BCUT2D eigenvalue weighted by atomic mass is 10.1. The van der Waals surface area contributed by atoms with Crippen molar-refractivity contribution < 1.29 is 9.90 Å². The Bertz CT molecular complexity index is 613. The van der Waals surface area contributed by atoms with Crippen molar-refractivity contribution in [3.8, 4) is 5.82 Å². The fraction of sp³-hybridized carbons (Fsp3) is 0.438. The van der Waals surface area contributed by atoms with E-state index in [4.69, 9.17) is 0 Å². The Morgan fingerprint density at radius 1 is 1.35 bits per heavy atom. The molecular formula is C16H23N5O2. The van der Waals surface area contributed by atoms with Crippen LogP contribution in [0.25, 0.3) is 5.82 Å². The molecule has 124 valence electrons. The average molecular weight is 317 g/mol. The van der Waals surface area contributed by atoms with Crippen LogP contribution in [0, 0.1) is 5.92 Å². The van der Waals surface area contributed by atoms with E-state index < -0.39 is 0 Å². The van der Waals surface area contributed by atoms with Gasteiger partial charge in [-0.25, -0.2) is 14.8 Å². The lowest BCUT2D eigenvalue weighted by molar-refractivity contribution is 0.163. The van der Waals surface area contributed by atoms with Gasteiger partial charge in [0.1, 0.15) is 12.1 Å². The number of hydrogen-bond acceptors (Lipinski definition) is 4. The van der Waals surface area contributed by atoms with Crippen molar-refractivity contribution in [1.82, 2.24) is 25.2 Å². The summed E-state index contributed by atoms with van der Waals surface area (Å²) in [6, 6.07) is 3.54. The molecule has 2 unspecified atom stereocenters. The number of urea groups is 1. The number of carbonyl (C=O) groups is 1. The van der Waals surface area contributed by atoms with Gasteiger partial charge in [-0.05, 0) is 37.0 Å². The van der Waals surface area contributed by atoms with Crippen LogP contribution >= 0.6 is 0 Å². The first-order chi connectivity index (χ1) is 11.0. The highest BCUT2D eigenvalue weighted by Crippen LogP contribution is 2.07. The van der Waals surface area contributed by atoms with Crippen LogP contribution in [0.2, 0.25) is 0 Å². The fourth-order valence-corrected chi connectivity index (χ4v) is 2.28. The summed E-state index contributed by atoms with van der Waals surface area (Å²) in [4.78, 5) is 20.1. The average Bonchev–Trinajstić information content (AvgIpc) is 3.05. The Kier molecular flexibility index (Phi) is 6.10. The van der Waals surface area contributed by atoms with Crippen LogP contribution in [-0.2, 0) is 6.54 Å². The third-order valence-electron chi connectivity index (χ3n) is 3.39. The predicted octanol–water partition coefficient (Wildman–Crippen LogP) is 1.47. The Balaban J connectivity index is 1.79. The summed E-state index contributed by atoms with van der Waals surface area (Å²) >= 11 is 0. The number of imidazole rings is 1. The Morgan fingerprint density at radius 3 is 2.87 bits per heavy atom. The molecule has 0 radical (unpaired) electrons. The van der Waals surface area contributed by atoms with E-state index in [1.807, 2.05) is 25.3 Å². The molecule has 0 spiro atoms. The second-order valence-corrected chi connectivity index (χ2v) is 5.75. The number of aliphatic hydroxyl groups excluding tert-OH is 1. The number of nitrogens with zero attached hydrogens (tertiary/aromatic N) is 3. The van der Waals surface area contributed by atoms with Gasteiger partial charge in [-0.3, -0.25) is 4.57 Å². The molecule has 0 saturated carbocycles. The fourth-order valence-electron chi connectivity index (χ4n) is 2.28. The molecule has 3 N–H and O–H groups in total. The summed E-state index contributed by atoms with van der Waals surface area (Å²) in [5, 5.41) is 14.9. The van der Waals surface area contributed by atoms with Crippen molar-refractivity contribution in [3.63, 3.8) is 0 Å². The molecule has 0 aliphatic rings. The van der Waals surface area contributed by atoms with E-state index in [0.29, 0.717) is 19.5 Å². The molecule has 0 aliphatic heterocycles. The predicted molar refractivity (Wildman–Crippen MR) is 87.1 cm³/mol. The quantitative estimate of drug-likeness (QED) is 0.721. The largest absolute Gasteiger partial charge is 0.393 e. The van der Waals surface area contributed by atoms with Gasteiger partial charge in [0.25, 0.3) is 0 Å². The summed E-state index contributed by atoms with van der Waals surface area (Å²) in [5.74, 6) is 0.988. The number of aliphatic hydroxyl groups is 1. The highest BCUT2D eigenvalue weighted by Gasteiger charge is 2.08. The van der Waals surface area contributed by atoms with Gasteiger partial charge >= 0.3 is 6.03 Å². The minimum atomic E-state index is -0.353. The summed E-state index contributed by atoms with van der Waals surface area (Å²) in [5.41, 5.74) is 0.955. The van der Waals surface area contributed by atoms with Crippen molar-refractivity contribution in [3.05, 3.63) is 42.6 Å². The number of pyridine rings is 1. The van der Waals surface area contributed by atoms with Crippen molar-refractivity contribution in [2.24, 2.45) is 5.92 Å². The number of nitrogens with one attached hydrogen (secondary N) is 2. The molecule has 2 aromatic rings. The standard InChI is InChI=1S/C16H23N5O2/c1-12(7-13(2)22)9-19-16(23)20-10-14-3-4-18-15(8-14)21-6-5-17-11-21/h3-6,8,11-13,22H,7,9-10H2,1-2H3,(H2,19,20,23). The summed E-state index contributed by atoms with van der Waals surface area (Å²) in [7, 11) is 0. The van der Waals surface area contributed by atoms with Crippen LogP contribution in [0.3, 0.4) is 0 Å². The molecule has 2 aromatic heterocycles. The lowest BCUT2D eigenvalue weighted by Crippen LogP contribution is -2.37. The van der Waals surface area contributed by atoms with Gasteiger partial charge in [-0.1, -0.05) is 6.92 Å². The zero-order valence-corrected chi connectivity index (χ0v) is 13.4. The molecular weight excluding hydrogens is 294 g/mol. The molecule has 0 fully saturated rings. The number of aromatic nitrogens is 3. The van der Waals surface area contributed by atoms with Gasteiger partial charge in [0.05, 0.1) is 6.10 Å². The lowest BCUT2D eigenvalue weighted by Gasteiger charge is -2.14. The Hall–Kier alpha value is -2.41. The molecule has 0 aliphatic carbocycles. The zero-order chi connectivity index (χ0) is 16.7. The highest BCUT2D eigenvalue weighted by atomic mass is 16.3. The van der Waals surface area contributed by atoms with Crippen molar-refractivity contribution in [2.45, 2.75) is 32.9 Å². The molecule has 7 nitrogen and oxygen atoms in total. The number of rotatable bonds is 7. The van der Waals surface area contributed by atoms with Crippen LogP contribution in [0.5, 0.6) is 0 Å². The summed E-state index contributed by atoms with van der Waals surface area (Å²) in [6.45, 7) is 4.69. The van der Waals surface area contributed by atoms with E-state index in [9.17, 15) is 9.90 Å². The van der Waals surface area contributed by atoms with Gasteiger partial charge in [0.15, 0.2) is 0 Å². The SMILES string of the molecule is CC(O)CC(C)CNC(=O)NCc1ccnc(-n2ccnc2)c1. The molecule has 2 rings (SSSR count). The molecule has 0 saturated heterocycles. The number of amides is 2. The second-order valence-electron chi connectivity index (χ2n) is 5.75. The number of carbonyl (C=O) groups excluding carboxylic acids is 1. The third kappa shape index (κ3) is 5.71. The minimum absolute atomic E-state index is 0.219. The van der Waals surface area contributed by atoms with Gasteiger partial charge in [-0.2, -0.15) is 0 Å². The first-order valence-corrected chi connectivity index (χ1v) is 7.67. The van der Waals surface area contributed by atoms with Gasteiger partial charge in [0, 0.05) is 31.7 Å². The van der Waals surface area contributed by atoms with Gasteiger partial charge < -0.3 is 15.7 Å². The highest BCUT2D eigenvalue weighted by molar-refractivity contribution is 5.73. The maximum Gasteiger partial charge on any atom is 0.315 e. The van der Waals surface area contributed by atoms with Gasteiger partial charge in [-0.15, -0.1) is 0 Å². The Labute approximate surface area is 135 Å². The van der Waals surface area contributed by atoms with Crippen molar-refractivity contribution in [1.29, 1.82) is 0 Å². The maximum absolute atomic E-state index is 11.8. The van der Waals surface area contributed by atoms with Gasteiger partial charge in [0.2, 0.25) is 0 Å². The van der Waals surface area contributed by atoms with Crippen LogP contribution < -0.4 is 10.6 Å². The van der Waals surface area contributed by atoms with Crippen LogP contribution in [0.4, 0.5) is 4.79 Å².